The molecule has 2 N–H and O–H groups in total. The summed E-state index contributed by atoms with van der Waals surface area (Å²) in [5.74, 6) is 2.66. The number of nitrogens with two attached hydrogens (primary N) is 1. The number of aromatic nitrogens is 3. The van der Waals surface area contributed by atoms with Gasteiger partial charge in [0.1, 0.15) is 12.2 Å². The Labute approximate surface area is 126 Å². The summed E-state index contributed by atoms with van der Waals surface area (Å²) in [6.07, 6.45) is 9.46. The van der Waals surface area contributed by atoms with Crippen LogP contribution in [0.3, 0.4) is 0 Å². The molecule has 0 bridgehead atoms. The summed E-state index contributed by atoms with van der Waals surface area (Å²) in [4.78, 5) is 4.37. The summed E-state index contributed by atoms with van der Waals surface area (Å²) in [5, 5.41) is 5.14. The third-order valence-electron chi connectivity index (χ3n) is 3.78. The molecule has 1 aromatic heterocycles. The molecule has 4 nitrogen and oxygen atoms in total. The summed E-state index contributed by atoms with van der Waals surface area (Å²) >= 11 is 2.06. The first-order chi connectivity index (χ1) is 9.65. The minimum absolute atomic E-state index is 0.192. The van der Waals surface area contributed by atoms with Gasteiger partial charge in [-0.05, 0) is 18.8 Å². The van der Waals surface area contributed by atoms with Crippen LogP contribution >= 0.6 is 11.8 Å². The van der Waals surface area contributed by atoms with Crippen LogP contribution in [0, 0.1) is 5.92 Å². The lowest BCUT2D eigenvalue weighted by atomic mass is 10.0. The van der Waals surface area contributed by atoms with Gasteiger partial charge in [0.2, 0.25) is 0 Å². The molecule has 1 saturated carbocycles. The van der Waals surface area contributed by atoms with Gasteiger partial charge in [-0.2, -0.15) is 16.9 Å². The molecule has 2 rings (SSSR count). The normalized spacial score (nSPS) is 18.6. The lowest BCUT2D eigenvalue weighted by molar-refractivity contribution is 0.460. The third kappa shape index (κ3) is 5.09. The van der Waals surface area contributed by atoms with Crippen LogP contribution in [0.25, 0.3) is 0 Å². The standard InChI is InChI=1S/C15H28N4S/c1-12(2)9-19-15(17-11-18-19)8-13(16)10-20-14-6-4-3-5-7-14/h11-14H,3-10,16H2,1-2H3. The van der Waals surface area contributed by atoms with Crippen LogP contribution in [-0.2, 0) is 13.0 Å². The Morgan fingerprint density at radius 1 is 1.35 bits per heavy atom. The highest BCUT2D eigenvalue weighted by atomic mass is 32.2. The highest BCUT2D eigenvalue weighted by Crippen LogP contribution is 2.28. The van der Waals surface area contributed by atoms with Crippen molar-refractivity contribution in [3.63, 3.8) is 0 Å². The second-order valence-electron chi connectivity index (χ2n) is 6.31. The zero-order chi connectivity index (χ0) is 14.4. The van der Waals surface area contributed by atoms with E-state index in [1.807, 2.05) is 4.68 Å². The molecule has 0 amide bonds. The molecule has 5 heteroatoms. The van der Waals surface area contributed by atoms with E-state index >= 15 is 0 Å². The smallest absolute Gasteiger partial charge is 0.138 e. The van der Waals surface area contributed by atoms with Gasteiger partial charge >= 0.3 is 0 Å². The molecule has 0 aromatic carbocycles. The van der Waals surface area contributed by atoms with Crippen molar-refractivity contribution in [1.82, 2.24) is 14.8 Å². The van der Waals surface area contributed by atoms with Crippen molar-refractivity contribution in [2.75, 3.05) is 5.75 Å². The van der Waals surface area contributed by atoms with Crippen LogP contribution in [0.5, 0.6) is 0 Å². The maximum atomic E-state index is 6.28. The average molecular weight is 296 g/mol. The Morgan fingerprint density at radius 2 is 2.10 bits per heavy atom. The van der Waals surface area contributed by atoms with E-state index in [2.05, 4.69) is 35.7 Å². The van der Waals surface area contributed by atoms with E-state index in [1.54, 1.807) is 6.33 Å². The molecule has 1 heterocycles. The summed E-state index contributed by atoms with van der Waals surface area (Å²) in [6.45, 7) is 5.33. The Morgan fingerprint density at radius 3 is 2.80 bits per heavy atom. The molecule has 1 aromatic rings. The predicted octanol–water partition coefficient (Wildman–Crippen LogP) is 2.87. The van der Waals surface area contributed by atoms with Crippen molar-refractivity contribution in [3.8, 4) is 0 Å². The number of rotatable bonds is 7. The van der Waals surface area contributed by atoms with Gasteiger partial charge in [0.05, 0.1) is 0 Å². The van der Waals surface area contributed by atoms with Crippen LogP contribution < -0.4 is 5.73 Å². The Kier molecular flexibility index (Phi) is 6.36. The Balaban J connectivity index is 1.76. The fourth-order valence-corrected chi connectivity index (χ4v) is 4.03. The minimum Gasteiger partial charge on any atom is -0.327 e. The van der Waals surface area contributed by atoms with Gasteiger partial charge in [0, 0.05) is 30.0 Å². The van der Waals surface area contributed by atoms with E-state index in [9.17, 15) is 0 Å². The first kappa shape index (κ1) is 15.8. The van der Waals surface area contributed by atoms with Gasteiger partial charge in [0.15, 0.2) is 0 Å². The first-order valence-electron chi connectivity index (χ1n) is 7.89. The molecule has 0 spiro atoms. The number of nitrogens with zero attached hydrogens (tertiary/aromatic N) is 3. The predicted molar refractivity (Wildman–Crippen MR) is 85.9 cm³/mol. The maximum absolute atomic E-state index is 6.28. The monoisotopic (exact) mass is 296 g/mol. The van der Waals surface area contributed by atoms with Crippen molar-refractivity contribution >= 4 is 11.8 Å². The van der Waals surface area contributed by atoms with Crippen LogP contribution in [0.4, 0.5) is 0 Å². The van der Waals surface area contributed by atoms with Gasteiger partial charge in [-0.15, -0.1) is 0 Å². The van der Waals surface area contributed by atoms with E-state index < -0.39 is 0 Å². The van der Waals surface area contributed by atoms with Crippen molar-refractivity contribution < 1.29 is 0 Å². The van der Waals surface area contributed by atoms with Crippen LogP contribution in [0.1, 0.15) is 51.8 Å². The zero-order valence-electron chi connectivity index (χ0n) is 12.8. The van der Waals surface area contributed by atoms with Gasteiger partial charge in [-0.25, -0.2) is 9.67 Å². The van der Waals surface area contributed by atoms with Crippen molar-refractivity contribution in [2.24, 2.45) is 11.7 Å². The molecule has 1 aliphatic carbocycles. The highest BCUT2D eigenvalue weighted by molar-refractivity contribution is 7.99. The summed E-state index contributed by atoms with van der Waals surface area (Å²) < 4.78 is 2.01. The molecule has 1 atom stereocenters. The van der Waals surface area contributed by atoms with Crippen LogP contribution in [0.2, 0.25) is 0 Å². The molecular weight excluding hydrogens is 268 g/mol. The second kappa shape index (κ2) is 8.03. The summed E-state index contributed by atoms with van der Waals surface area (Å²) in [7, 11) is 0. The van der Waals surface area contributed by atoms with Crippen molar-refractivity contribution in [1.29, 1.82) is 0 Å². The molecular formula is C15H28N4S. The number of hydrogen-bond acceptors (Lipinski definition) is 4. The molecule has 20 heavy (non-hydrogen) atoms. The van der Waals surface area contributed by atoms with Crippen molar-refractivity contribution in [3.05, 3.63) is 12.2 Å². The van der Waals surface area contributed by atoms with Gasteiger partial charge < -0.3 is 5.73 Å². The molecule has 0 saturated heterocycles. The van der Waals surface area contributed by atoms with Crippen LogP contribution in [-0.4, -0.2) is 31.8 Å². The largest absolute Gasteiger partial charge is 0.327 e. The quantitative estimate of drug-likeness (QED) is 0.840. The SMILES string of the molecule is CC(C)Cn1ncnc1CC(N)CSC1CCCCC1. The molecule has 1 fully saturated rings. The fourth-order valence-electron chi connectivity index (χ4n) is 2.73. The van der Waals surface area contributed by atoms with Gasteiger partial charge in [-0.3, -0.25) is 0 Å². The van der Waals surface area contributed by atoms with E-state index in [1.165, 1.54) is 32.1 Å². The Bertz CT molecular complexity index is 385. The molecule has 1 unspecified atom stereocenters. The highest BCUT2D eigenvalue weighted by Gasteiger charge is 2.16. The average Bonchev–Trinajstić information content (AvgIpc) is 2.84. The minimum atomic E-state index is 0.192. The molecule has 0 aliphatic heterocycles. The number of thioether (sulfide) groups is 1. The fraction of sp³-hybridized carbons (Fsp3) is 0.867. The van der Waals surface area contributed by atoms with Gasteiger partial charge in [0.25, 0.3) is 0 Å². The van der Waals surface area contributed by atoms with E-state index in [0.29, 0.717) is 5.92 Å². The topological polar surface area (TPSA) is 56.7 Å². The molecule has 0 radical (unpaired) electrons. The summed E-state index contributed by atoms with van der Waals surface area (Å²) in [5.41, 5.74) is 6.28. The van der Waals surface area contributed by atoms with E-state index in [0.717, 1.165) is 29.8 Å². The summed E-state index contributed by atoms with van der Waals surface area (Å²) in [6, 6.07) is 0.192. The lowest BCUT2D eigenvalue weighted by Gasteiger charge is -2.22. The zero-order valence-corrected chi connectivity index (χ0v) is 13.6. The van der Waals surface area contributed by atoms with Crippen LogP contribution in [0.15, 0.2) is 6.33 Å². The Hall–Kier alpha value is -0.550. The second-order valence-corrected chi connectivity index (χ2v) is 7.64. The lowest BCUT2D eigenvalue weighted by Crippen LogP contribution is -2.29. The number of hydrogen-bond donors (Lipinski definition) is 1. The van der Waals surface area contributed by atoms with E-state index in [-0.39, 0.29) is 6.04 Å². The first-order valence-corrected chi connectivity index (χ1v) is 8.94. The maximum Gasteiger partial charge on any atom is 0.138 e. The van der Waals surface area contributed by atoms with Crippen molar-refractivity contribution in [2.45, 2.75) is 70.2 Å². The third-order valence-corrected chi connectivity index (χ3v) is 5.34. The van der Waals surface area contributed by atoms with E-state index in [4.69, 9.17) is 5.73 Å². The van der Waals surface area contributed by atoms with Gasteiger partial charge in [-0.1, -0.05) is 33.1 Å². The molecule has 114 valence electrons. The molecule has 1 aliphatic rings.